The lowest BCUT2D eigenvalue weighted by molar-refractivity contribution is 0.423. The summed E-state index contributed by atoms with van der Waals surface area (Å²) >= 11 is 0. The predicted octanol–water partition coefficient (Wildman–Crippen LogP) is 3.08. The molecule has 0 saturated heterocycles. The van der Waals surface area contributed by atoms with E-state index in [0.29, 0.717) is 6.04 Å². The zero-order valence-corrected chi connectivity index (χ0v) is 8.39. The molecular formula is C11H23N. The van der Waals surface area contributed by atoms with Crippen LogP contribution in [0.15, 0.2) is 0 Å². The highest BCUT2D eigenvalue weighted by Gasteiger charge is 2.22. The van der Waals surface area contributed by atoms with Crippen LogP contribution in [0.4, 0.5) is 0 Å². The Labute approximate surface area is 76.7 Å². The smallest absolute Gasteiger partial charge is 0.00671 e. The third-order valence-corrected chi connectivity index (χ3v) is 3.15. The maximum absolute atomic E-state index is 5.99. The minimum absolute atomic E-state index is 0.534. The van der Waals surface area contributed by atoms with Crippen LogP contribution in [0.25, 0.3) is 0 Å². The summed E-state index contributed by atoms with van der Waals surface area (Å²) in [6, 6.07) is 0.534. The Kier molecular flexibility index (Phi) is 4.67. The molecule has 2 N–H and O–H groups in total. The van der Waals surface area contributed by atoms with Gasteiger partial charge in [0.15, 0.2) is 0 Å². The normalized spacial score (nSPS) is 29.5. The van der Waals surface area contributed by atoms with Gasteiger partial charge in [-0.25, -0.2) is 0 Å². The van der Waals surface area contributed by atoms with Gasteiger partial charge in [0, 0.05) is 6.04 Å². The second-order valence-electron chi connectivity index (χ2n) is 4.20. The summed E-state index contributed by atoms with van der Waals surface area (Å²) in [6.45, 7) is 2.27. The minimum Gasteiger partial charge on any atom is -0.327 e. The van der Waals surface area contributed by atoms with Crippen molar-refractivity contribution >= 4 is 0 Å². The van der Waals surface area contributed by atoms with E-state index in [1.807, 2.05) is 0 Å². The van der Waals surface area contributed by atoms with Crippen LogP contribution in [0.1, 0.15) is 58.3 Å². The molecule has 1 heteroatoms. The highest BCUT2D eigenvalue weighted by molar-refractivity contribution is 4.79. The number of nitrogens with two attached hydrogens (primary N) is 1. The van der Waals surface area contributed by atoms with E-state index in [2.05, 4.69) is 6.92 Å². The van der Waals surface area contributed by atoms with Gasteiger partial charge < -0.3 is 5.73 Å². The average molecular weight is 169 g/mol. The number of hydrogen-bond donors (Lipinski definition) is 1. The van der Waals surface area contributed by atoms with Crippen molar-refractivity contribution in [3.63, 3.8) is 0 Å². The lowest BCUT2D eigenvalue weighted by Crippen LogP contribution is -2.24. The fraction of sp³-hybridized carbons (Fsp3) is 1.00. The van der Waals surface area contributed by atoms with Gasteiger partial charge >= 0.3 is 0 Å². The van der Waals surface area contributed by atoms with E-state index in [4.69, 9.17) is 5.73 Å². The Balaban J connectivity index is 1.98. The molecule has 1 aliphatic rings. The predicted molar refractivity (Wildman–Crippen MR) is 54.1 cm³/mol. The molecule has 0 aromatic rings. The molecule has 0 aromatic heterocycles. The van der Waals surface area contributed by atoms with Crippen molar-refractivity contribution in [1.29, 1.82) is 0 Å². The van der Waals surface area contributed by atoms with Gasteiger partial charge in [-0.1, -0.05) is 39.0 Å². The van der Waals surface area contributed by atoms with E-state index < -0.39 is 0 Å². The zero-order chi connectivity index (χ0) is 8.81. The van der Waals surface area contributed by atoms with Crippen LogP contribution in [0.5, 0.6) is 0 Å². The molecule has 0 aromatic carbocycles. The monoisotopic (exact) mass is 169 g/mol. The molecule has 0 aliphatic heterocycles. The summed E-state index contributed by atoms with van der Waals surface area (Å²) in [5.74, 6) is 0.863. The number of unbranched alkanes of at least 4 members (excludes halogenated alkanes) is 3. The third-order valence-electron chi connectivity index (χ3n) is 3.15. The van der Waals surface area contributed by atoms with Gasteiger partial charge in [0.2, 0.25) is 0 Å². The summed E-state index contributed by atoms with van der Waals surface area (Å²) in [5, 5.41) is 0. The van der Waals surface area contributed by atoms with Gasteiger partial charge in [-0.3, -0.25) is 0 Å². The largest absolute Gasteiger partial charge is 0.327 e. The standard InChI is InChI=1S/C11H23N/c1-2-3-4-5-7-10-8-6-9-11(10)12/h10-11H,2-9,12H2,1H3. The molecule has 2 unspecified atom stereocenters. The molecule has 72 valence electrons. The summed E-state index contributed by atoms with van der Waals surface area (Å²) in [7, 11) is 0. The first-order chi connectivity index (χ1) is 5.84. The Hall–Kier alpha value is -0.0400. The van der Waals surface area contributed by atoms with E-state index in [0.717, 1.165) is 5.92 Å². The fourth-order valence-corrected chi connectivity index (χ4v) is 2.26. The summed E-state index contributed by atoms with van der Waals surface area (Å²) in [6.07, 6.45) is 11.0. The molecule has 0 spiro atoms. The summed E-state index contributed by atoms with van der Waals surface area (Å²) < 4.78 is 0. The van der Waals surface area contributed by atoms with Crippen molar-refractivity contribution in [2.45, 2.75) is 64.3 Å². The van der Waals surface area contributed by atoms with E-state index in [9.17, 15) is 0 Å². The van der Waals surface area contributed by atoms with Crippen LogP contribution < -0.4 is 5.73 Å². The van der Waals surface area contributed by atoms with Crippen molar-refractivity contribution in [2.24, 2.45) is 11.7 Å². The van der Waals surface area contributed by atoms with Gasteiger partial charge in [-0.05, 0) is 25.2 Å². The second kappa shape index (κ2) is 5.58. The van der Waals surface area contributed by atoms with E-state index >= 15 is 0 Å². The first-order valence-corrected chi connectivity index (χ1v) is 5.60. The van der Waals surface area contributed by atoms with Gasteiger partial charge in [0.25, 0.3) is 0 Å². The molecule has 1 rings (SSSR count). The van der Waals surface area contributed by atoms with Crippen molar-refractivity contribution in [2.75, 3.05) is 0 Å². The second-order valence-corrected chi connectivity index (χ2v) is 4.20. The Morgan fingerprint density at radius 2 is 2.00 bits per heavy atom. The van der Waals surface area contributed by atoms with Crippen LogP contribution in [0.3, 0.4) is 0 Å². The number of hydrogen-bond acceptors (Lipinski definition) is 1. The van der Waals surface area contributed by atoms with Crippen LogP contribution in [0, 0.1) is 5.92 Å². The lowest BCUT2D eigenvalue weighted by Gasteiger charge is -2.14. The highest BCUT2D eigenvalue weighted by Crippen LogP contribution is 2.28. The lowest BCUT2D eigenvalue weighted by atomic mass is 9.96. The Morgan fingerprint density at radius 1 is 1.17 bits per heavy atom. The number of rotatable bonds is 5. The first kappa shape index (κ1) is 10.0. The zero-order valence-electron chi connectivity index (χ0n) is 8.39. The van der Waals surface area contributed by atoms with Crippen molar-refractivity contribution in [1.82, 2.24) is 0 Å². The third kappa shape index (κ3) is 3.14. The van der Waals surface area contributed by atoms with Crippen molar-refractivity contribution in [3.05, 3.63) is 0 Å². The van der Waals surface area contributed by atoms with Crippen LogP contribution >= 0.6 is 0 Å². The molecule has 0 radical (unpaired) electrons. The SMILES string of the molecule is CCCCCCC1CCCC1N. The Bertz CT molecular complexity index is 112. The van der Waals surface area contributed by atoms with Crippen LogP contribution in [0.2, 0.25) is 0 Å². The molecule has 0 heterocycles. The highest BCUT2D eigenvalue weighted by atomic mass is 14.7. The van der Waals surface area contributed by atoms with Gasteiger partial charge in [0.1, 0.15) is 0 Å². The van der Waals surface area contributed by atoms with Gasteiger partial charge in [-0.15, -0.1) is 0 Å². The molecular weight excluding hydrogens is 146 g/mol. The van der Waals surface area contributed by atoms with Gasteiger partial charge in [-0.2, -0.15) is 0 Å². The van der Waals surface area contributed by atoms with Crippen LogP contribution in [-0.4, -0.2) is 6.04 Å². The maximum atomic E-state index is 5.99. The van der Waals surface area contributed by atoms with Crippen molar-refractivity contribution < 1.29 is 0 Å². The minimum atomic E-state index is 0.534. The summed E-state index contributed by atoms with van der Waals surface area (Å²) in [4.78, 5) is 0. The quantitative estimate of drug-likeness (QED) is 0.629. The Morgan fingerprint density at radius 3 is 2.58 bits per heavy atom. The molecule has 1 nitrogen and oxygen atoms in total. The van der Waals surface area contributed by atoms with Crippen molar-refractivity contribution in [3.8, 4) is 0 Å². The van der Waals surface area contributed by atoms with Gasteiger partial charge in [0.05, 0.1) is 0 Å². The molecule has 1 aliphatic carbocycles. The van der Waals surface area contributed by atoms with E-state index in [-0.39, 0.29) is 0 Å². The molecule has 0 bridgehead atoms. The topological polar surface area (TPSA) is 26.0 Å². The first-order valence-electron chi connectivity index (χ1n) is 5.60. The summed E-state index contributed by atoms with van der Waals surface area (Å²) in [5.41, 5.74) is 5.99. The van der Waals surface area contributed by atoms with Crippen LogP contribution in [-0.2, 0) is 0 Å². The van der Waals surface area contributed by atoms with E-state index in [1.165, 1.54) is 51.4 Å². The molecule has 0 amide bonds. The maximum Gasteiger partial charge on any atom is 0.00671 e. The molecule has 1 fully saturated rings. The average Bonchev–Trinajstić information content (AvgIpc) is 2.46. The fourth-order valence-electron chi connectivity index (χ4n) is 2.26. The van der Waals surface area contributed by atoms with E-state index in [1.54, 1.807) is 0 Å². The molecule has 2 atom stereocenters. The molecule has 1 saturated carbocycles. The molecule has 12 heavy (non-hydrogen) atoms.